The SMILES string of the molecule is CCC[Si]1([c-]2ccc3ccccc32)CCC1.CCC[Si]1([c-]2ccc3ccccc32)CCC1.[C-]1=CC=CC1.[C-]1=CC=CC1.[Cl-].[Cl-].[Ti+2].[Ti+2]. The van der Waals surface area contributed by atoms with Crippen LogP contribution >= 0.6 is 0 Å². The van der Waals surface area contributed by atoms with Gasteiger partial charge in [0.25, 0.3) is 0 Å². The van der Waals surface area contributed by atoms with E-state index in [2.05, 4.69) is 111 Å². The molecule has 6 heteroatoms. The monoisotopic (exact) mass is 750 g/mol. The summed E-state index contributed by atoms with van der Waals surface area (Å²) in [5.74, 6) is 0. The normalized spacial score (nSPS) is 16.7. The Bertz CT molecular complexity index is 1400. The molecule has 4 aliphatic rings. The van der Waals surface area contributed by atoms with E-state index in [9.17, 15) is 0 Å². The van der Waals surface area contributed by atoms with Gasteiger partial charge in [0.2, 0.25) is 0 Å². The Kier molecular flexibility index (Phi) is 20.5. The van der Waals surface area contributed by atoms with Gasteiger partial charge in [-0.3, -0.25) is 12.2 Å². The van der Waals surface area contributed by atoms with Gasteiger partial charge in [-0.1, -0.05) is 87.9 Å². The Morgan fingerprint density at radius 2 is 0.978 bits per heavy atom. The van der Waals surface area contributed by atoms with Gasteiger partial charge in [0.15, 0.2) is 0 Å². The number of fused-ring (bicyclic) bond motifs is 2. The standard InChI is InChI=1S/2C15H19Si.2C5H5.2ClH.2Ti/c2*1-2-10-16(11-5-12-16)15-9-8-13-6-3-4-7-14(13)15;2*1-2-4-5-3-1;;;;/h2*3-4,6-9H,2,5,10-12H2,1H3;2*1-3H,4H2;2*1H;;/q4*-1;;;2*+2/p-2. The minimum atomic E-state index is -1.03. The molecule has 0 amide bonds. The summed E-state index contributed by atoms with van der Waals surface area (Å²) in [6.07, 6.45) is 25.7. The van der Waals surface area contributed by atoms with Crippen molar-refractivity contribution in [3.63, 3.8) is 0 Å². The third-order valence-electron chi connectivity index (χ3n) is 9.75. The van der Waals surface area contributed by atoms with Crippen molar-refractivity contribution in [2.45, 2.75) is 88.6 Å². The third kappa shape index (κ3) is 10.5. The number of halogens is 2. The van der Waals surface area contributed by atoms with Crippen molar-refractivity contribution in [2.24, 2.45) is 0 Å². The van der Waals surface area contributed by atoms with Gasteiger partial charge in [-0.25, -0.2) is 24.3 Å². The Labute approximate surface area is 323 Å². The van der Waals surface area contributed by atoms with Crippen molar-refractivity contribution in [3.05, 3.63) is 121 Å². The van der Waals surface area contributed by atoms with E-state index in [4.69, 9.17) is 0 Å². The van der Waals surface area contributed by atoms with Crippen LogP contribution in [0, 0.1) is 12.2 Å². The summed E-state index contributed by atoms with van der Waals surface area (Å²) in [5.41, 5.74) is 0. The van der Waals surface area contributed by atoms with Crippen LogP contribution in [0.5, 0.6) is 0 Å². The fraction of sp³-hybridized carbons (Fsp3) is 0.350. The van der Waals surface area contributed by atoms with Gasteiger partial charge in [-0.15, -0.1) is 81.2 Å². The van der Waals surface area contributed by atoms with Crippen molar-refractivity contribution in [1.29, 1.82) is 0 Å². The van der Waals surface area contributed by atoms with E-state index < -0.39 is 16.1 Å². The molecule has 0 unspecified atom stereocenters. The number of rotatable bonds is 6. The van der Waals surface area contributed by atoms with Gasteiger partial charge >= 0.3 is 43.4 Å². The van der Waals surface area contributed by atoms with Crippen molar-refractivity contribution < 1.29 is 68.2 Å². The van der Waals surface area contributed by atoms with Crippen LogP contribution in [0.15, 0.2) is 109 Å². The van der Waals surface area contributed by atoms with E-state index in [0.717, 1.165) is 12.8 Å². The van der Waals surface area contributed by atoms with E-state index >= 15 is 0 Å². The Morgan fingerprint density at radius 3 is 1.24 bits per heavy atom. The van der Waals surface area contributed by atoms with Gasteiger partial charge in [0.05, 0.1) is 0 Å². The first kappa shape index (κ1) is 43.1. The van der Waals surface area contributed by atoms with Gasteiger partial charge in [-0.05, 0) is 0 Å². The summed E-state index contributed by atoms with van der Waals surface area (Å²) in [5, 5.41) is 9.54. The van der Waals surface area contributed by atoms with Crippen molar-refractivity contribution in [3.8, 4) is 0 Å². The molecule has 240 valence electrons. The van der Waals surface area contributed by atoms with Crippen LogP contribution in [0.25, 0.3) is 21.5 Å². The fourth-order valence-electron chi connectivity index (χ4n) is 7.38. The smallest absolute Gasteiger partial charge is 1.00 e. The molecule has 2 heterocycles. The molecule has 0 saturated carbocycles. The van der Waals surface area contributed by atoms with Gasteiger partial charge in [0, 0.05) is 16.1 Å². The zero-order valence-corrected chi connectivity index (χ0v) is 34.3. The molecule has 4 aromatic carbocycles. The average molecular weight is 752 g/mol. The Morgan fingerprint density at radius 1 is 0.587 bits per heavy atom. The first-order valence-electron chi connectivity index (χ1n) is 16.4. The fourth-order valence-corrected chi connectivity index (χ4v) is 16.8. The Hall–Kier alpha value is -0.938. The zero-order valence-electron chi connectivity index (χ0n) is 27.6. The minimum Gasteiger partial charge on any atom is -1.00 e. The minimum absolute atomic E-state index is 0. The molecule has 0 N–H and O–H groups in total. The van der Waals surface area contributed by atoms with Crippen molar-refractivity contribution in [1.82, 2.24) is 0 Å². The quantitative estimate of drug-likeness (QED) is 0.199. The molecule has 2 saturated heterocycles. The maximum Gasteiger partial charge on any atom is 2.00 e. The summed E-state index contributed by atoms with van der Waals surface area (Å²) >= 11 is 0. The van der Waals surface area contributed by atoms with Gasteiger partial charge in [-0.2, -0.15) is 36.4 Å². The van der Waals surface area contributed by atoms with Crippen molar-refractivity contribution >= 4 is 48.1 Å². The molecule has 2 aliphatic carbocycles. The number of benzene rings is 2. The number of allylic oxidation sites excluding steroid dienone is 8. The van der Waals surface area contributed by atoms with Gasteiger partial charge in [0.1, 0.15) is 0 Å². The summed E-state index contributed by atoms with van der Waals surface area (Å²) < 4.78 is 0. The first-order chi connectivity index (χ1) is 20.7. The maximum atomic E-state index is 2.99. The molecule has 0 atom stereocenters. The average Bonchev–Trinajstić information content (AvgIpc) is 3.82. The zero-order chi connectivity index (χ0) is 29.1. The van der Waals surface area contributed by atoms with Crippen LogP contribution in [0.2, 0.25) is 36.3 Å². The molecule has 2 fully saturated rings. The Balaban J connectivity index is 0.000000332. The molecule has 4 aromatic rings. The van der Waals surface area contributed by atoms with E-state index in [0.29, 0.717) is 0 Å². The molecule has 46 heavy (non-hydrogen) atoms. The van der Waals surface area contributed by atoms with E-state index in [1.165, 1.54) is 72.7 Å². The molecule has 0 nitrogen and oxygen atoms in total. The second kappa shape index (κ2) is 21.9. The largest absolute Gasteiger partial charge is 2.00 e. The van der Waals surface area contributed by atoms with Crippen LogP contribution in [0.4, 0.5) is 0 Å². The molecular weight excluding hydrogens is 703 g/mol. The topological polar surface area (TPSA) is 0 Å². The predicted octanol–water partition coefficient (Wildman–Crippen LogP) is 4.67. The molecule has 0 bridgehead atoms. The number of hydrogen-bond donors (Lipinski definition) is 0. The summed E-state index contributed by atoms with van der Waals surface area (Å²) in [6.45, 7) is 4.69. The summed E-state index contributed by atoms with van der Waals surface area (Å²) in [6, 6.07) is 36.5. The van der Waals surface area contributed by atoms with Crippen LogP contribution in [-0.2, 0) is 43.4 Å². The molecule has 2 aliphatic heterocycles. The van der Waals surface area contributed by atoms with E-state index in [1.54, 1.807) is 21.1 Å². The van der Waals surface area contributed by atoms with Gasteiger partial charge < -0.3 is 24.8 Å². The van der Waals surface area contributed by atoms with Crippen LogP contribution in [-0.4, -0.2) is 16.1 Å². The molecular formula is C40H48Cl2Si2Ti2-2. The van der Waals surface area contributed by atoms with Crippen molar-refractivity contribution in [2.75, 3.05) is 0 Å². The summed E-state index contributed by atoms with van der Waals surface area (Å²) in [7, 11) is -2.06. The van der Waals surface area contributed by atoms with E-state index in [-0.39, 0.29) is 68.2 Å². The molecule has 0 spiro atoms. The van der Waals surface area contributed by atoms with Crippen LogP contribution in [0.3, 0.4) is 0 Å². The second-order valence-electron chi connectivity index (χ2n) is 12.4. The van der Waals surface area contributed by atoms with Crippen LogP contribution in [0.1, 0.15) is 52.4 Å². The van der Waals surface area contributed by atoms with Crippen LogP contribution < -0.4 is 35.2 Å². The molecule has 0 radical (unpaired) electrons. The third-order valence-corrected chi connectivity index (χ3v) is 21.1. The second-order valence-corrected chi connectivity index (χ2v) is 21.6. The predicted molar refractivity (Wildman–Crippen MR) is 192 cm³/mol. The number of hydrogen-bond acceptors (Lipinski definition) is 0. The van der Waals surface area contributed by atoms with E-state index in [1.807, 2.05) is 24.3 Å². The maximum absolute atomic E-state index is 2.99. The molecule has 0 aromatic heterocycles. The summed E-state index contributed by atoms with van der Waals surface area (Å²) in [4.78, 5) is 0. The molecule has 8 rings (SSSR count). The first-order valence-corrected chi connectivity index (χ1v) is 21.7.